The second kappa shape index (κ2) is 9.15. The first kappa shape index (κ1) is 14.9. The Hall–Kier alpha value is -1.10. The molecule has 1 atom stereocenters. The Balaban J connectivity index is 3.60. The summed E-state index contributed by atoms with van der Waals surface area (Å²) in [4.78, 5) is 22.6. The molecule has 5 heteroatoms. The molecule has 94 valence electrons. The van der Waals surface area contributed by atoms with Gasteiger partial charge in [0, 0.05) is 25.4 Å². The van der Waals surface area contributed by atoms with Gasteiger partial charge in [-0.25, -0.2) is 0 Å². The topological polar surface area (TPSA) is 84.2 Å². The summed E-state index contributed by atoms with van der Waals surface area (Å²) in [5, 5.41) is 5.42. The van der Waals surface area contributed by atoms with Crippen LogP contribution in [0, 0.1) is 5.92 Å². The SMILES string of the molecule is CCNC(=O)CCNC(=O)C(C)CCCN. The fourth-order valence-corrected chi connectivity index (χ4v) is 1.31. The van der Waals surface area contributed by atoms with Gasteiger partial charge in [-0.3, -0.25) is 9.59 Å². The van der Waals surface area contributed by atoms with Crippen molar-refractivity contribution < 1.29 is 9.59 Å². The minimum Gasteiger partial charge on any atom is -0.356 e. The molecule has 0 spiro atoms. The number of nitrogens with two attached hydrogens (primary N) is 1. The van der Waals surface area contributed by atoms with E-state index in [0.717, 1.165) is 12.8 Å². The van der Waals surface area contributed by atoms with Gasteiger partial charge in [0.15, 0.2) is 0 Å². The number of carbonyl (C=O) groups is 2. The smallest absolute Gasteiger partial charge is 0.222 e. The zero-order valence-corrected chi connectivity index (χ0v) is 10.2. The van der Waals surface area contributed by atoms with E-state index in [1.54, 1.807) is 0 Å². The van der Waals surface area contributed by atoms with Gasteiger partial charge in [0.2, 0.25) is 11.8 Å². The number of hydrogen-bond acceptors (Lipinski definition) is 3. The lowest BCUT2D eigenvalue weighted by molar-refractivity contribution is -0.125. The van der Waals surface area contributed by atoms with Crippen molar-refractivity contribution in [1.82, 2.24) is 10.6 Å². The van der Waals surface area contributed by atoms with Crippen molar-refractivity contribution in [3.05, 3.63) is 0 Å². The maximum atomic E-state index is 11.5. The molecule has 5 nitrogen and oxygen atoms in total. The van der Waals surface area contributed by atoms with Gasteiger partial charge in [0.25, 0.3) is 0 Å². The lowest BCUT2D eigenvalue weighted by atomic mass is 10.1. The average molecular weight is 229 g/mol. The highest BCUT2D eigenvalue weighted by molar-refractivity contribution is 5.80. The highest BCUT2D eigenvalue weighted by Gasteiger charge is 2.11. The van der Waals surface area contributed by atoms with Crippen LogP contribution in [0.1, 0.15) is 33.1 Å². The van der Waals surface area contributed by atoms with Crippen molar-refractivity contribution in [3.63, 3.8) is 0 Å². The van der Waals surface area contributed by atoms with Crippen LogP contribution in [-0.2, 0) is 9.59 Å². The Bertz CT molecular complexity index is 219. The molecular weight excluding hydrogens is 206 g/mol. The van der Waals surface area contributed by atoms with E-state index in [2.05, 4.69) is 10.6 Å². The van der Waals surface area contributed by atoms with E-state index in [1.165, 1.54) is 0 Å². The number of hydrogen-bond donors (Lipinski definition) is 3. The standard InChI is InChI=1S/C11H23N3O2/c1-3-13-10(15)6-8-14-11(16)9(2)5-4-7-12/h9H,3-8,12H2,1-2H3,(H,13,15)(H,14,16). The largest absolute Gasteiger partial charge is 0.356 e. The number of nitrogens with one attached hydrogen (secondary N) is 2. The highest BCUT2D eigenvalue weighted by atomic mass is 16.2. The Morgan fingerprint density at radius 1 is 1.31 bits per heavy atom. The van der Waals surface area contributed by atoms with Crippen LogP contribution in [0.15, 0.2) is 0 Å². The van der Waals surface area contributed by atoms with Crippen molar-refractivity contribution in [2.45, 2.75) is 33.1 Å². The third-order valence-electron chi connectivity index (χ3n) is 2.31. The molecule has 4 N–H and O–H groups in total. The molecule has 0 saturated heterocycles. The third kappa shape index (κ3) is 7.23. The molecule has 0 fully saturated rings. The lowest BCUT2D eigenvalue weighted by Crippen LogP contribution is -2.33. The molecule has 0 aliphatic heterocycles. The molecule has 2 amide bonds. The van der Waals surface area contributed by atoms with Gasteiger partial charge in [-0.05, 0) is 26.3 Å². The molecule has 0 radical (unpaired) electrons. The summed E-state index contributed by atoms with van der Waals surface area (Å²) >= 11 is 0. The van der Waals surface area contributed by atoms with E-state index < -0.39 is 0 Å². The summed E-state index contributed by atoms with van der Waals surface area (Å²) in [6.45, 7) is 5.37. The number of carbonyl (C=O) groups excluding carboxylic acids is 2. The van der Waals surface area contributed by atoms with Crippen LogP contribution in [-0.4, -0.2) is 31.4 Å². The van der Waals surface area contributed by atoms with E-state index >= 15 is 0 Å². The molecule has 0 aromatic heterocycles. The first-order chi connectivity index (χ1) is 7.61. The second-order valence-electron chi connectivity index (χ2n) is 3.83. The number of amides is 2. The second-order valence-corrected chi connectivity index (χ2v) is 3.83. The molecule has 1 unspecified atom stereocenters. The zero-order valence-electron chi connectivity index (χ0n) is 10.2. The Labute approximate surface area is 97.2 Å². The van der Waals surface area contributed by atoms with E-state index in [1.807, 2.05) is 13.8 Å². The summed E-state index contributed by atoms with van der Waals surface area (Å²) in [7, 11) is 0. The van der Waals surface area contributed by atoms with Crippen molar-refractivity contribution in [1.29, 1.82) is 0 Å². The third-order valence-corrected chi connectivity index (χ3v) is 2.31. The van der Waals surface area contributed by atoms with Crippen molar-refractivity contribution in [3.8, 4) is 0 Å². The minimum absolute atomic E-state index is 0.00208. The summed E-state index contributed by atoms with van der Waals surface area (Å²) < 4.78 is 0. The van der Waals surface area contributed by atoms with E-state index in [0.29, 0.717) is 26.1 Å². The van der Waals surface area contributed by atoms with Crippen LogP contribution in [0.3, 0.4) is 0 Å². The zero-order chi connectivity index (χ0) is 12.4. The fraction of sp³-hybridized carbons (Fsp3) is 0.818. The molecule has 0 heterocycles. The fourth-order valence-electron chi connectivity index (χ4n) is 1.31. The Morgan fingerprint density at radius 3 is 2.56 bits per heavy atom. The van der Waals surface area contributed by atoms with Crippen LogP contribution >= 0.6 is 0 Å². The van der Waals surface area contributed by atoms with Gasteiger partial charge in [-0.1, -0.05) is 6.92 Å². The van der Waals surface area contributed by atoms with Crippen molar-refractivity contribution in [2.24, 2.45) is 11.7 Å². The van der Waals surface area contributed by atoms with Gasteiger partial charge in [0.05, 0.1) is 0 Å². The van der Waals surface area contributed by atoms with Gasteiger partial charge < -0.3 is 16.4 Å². The van der Waals surface area contributed by atoms with Gasteiger partial charge in [-0.15, -0.1) is 0 Å². The van der Waals surface area contributed by atoms with E-state index in [9.17, 15) is 9.59 Å². The van der Waals surface area contributed by atoms with Crippen LogP contribution in [0.2, 0.25) is 0 Å². The first-order valence-electron chi connectivity index (χ1n) is 5.86. The minimum atomic E-state index is -0.0302. The summed E-state index contributed by atoms with van der Waals surface area (Å²) in [5.41, 5.74) is 5.37. The van der Waals surface area contributed by atoms with Crippen LogP contribution in [0.5, 0.6) is 0 Å². The molecule has 0 saturated carbocycles. The van der Waals surface area contributed by atoms with Gasteiger partial charge >= 0.3 is 0 Å². The normalized spacial score (nSPS) is 11.9. The lowest BCUT2D eigenvalue weighted by Gasteiger charge is -2.11. The van der Waals surface area contributed by atoms with Gasteiger partial charge in [-0.2, -0.15) is 0 Å². The molecule has 0 aromatic rings. The van der Waals surface area contributed by atoms with E-state index in [-0.39, 0.29) is 17.7 Å². The predicted octanol–water partition coefficient (Wildman–Crippen LogP) is 0.00380. The molecular formula is C11H23N3O2. The van der Waals surface area contributed by atoms with Crippen molar-refractivity contribution in [2.75, 3.05) is 19.6 Å². The predicted molar refractivity (Wildman–Crippen MR) is 63.8 cm³/mol. The summed E-state index contributed by atoms with van der Waals surface area (Å²) in [5.74, 6) is -0.0621. The Morgan fingerprint density at radius 2 is 2.00 bits per heavy atom. The van der Waals surface area contributed by atoms with Crippen LogP contribution in [0.25, 0.3) is 0 Å². The molecule has 0 bridgehead atoms. The van der Waals surface area contributed by atoms with Crippen LogP contribution < -0.4 is 16.4 Å². The maximum absolute atomic E-state index is 11.5. The van der Waals surface area contributed by atoms with E-state index in [4.69, 9.17) is 5.73 Å². The highest BCUT2D eigenvalue weighted by Crippen LogP contribution is 2.03. The average Bonchev–Trinajstić information content (AvgIpc) is 2.26. The number of rotatable bonds is 8. The summed E-state index contributed by atoms with van der Waals surface area (Å²) in [6.07, 6.45) is 1.98. The van der Waals surface area contributed by atoms with Crippen molar-refractivity contribution >= 4 is 11.8 Å². The van der Waals surface area contributed by atoms with Gasteiger partial charge in [0.1, 0.15) is 0 Å². The first-order valence-corrected chi connectivity index (χ1v) is 5.86. The molecule has 0 aromatic carbocycles. The Kier molecular flexibility index (Phi) is 8.52. The molecule has 16 heavy (non-hydrogen) atoms. The molecule has 0 aliphatic carbocycles. The quantitative estimate of drug-likeness (QED) is 0.548. The summed E-state index contributed by atoms with van der Waals surface area (Å²) in [6, 6.07) is 0. The molecule has 0 aliphatic rings. The van der Waals surface area contributed by atoms with Crippen LogP contribution in [0.4, 0.5) is 0 Å². The monoisotopic (exact) mass is 229 g/mol. The molecule has 0 rings (SSSR count). The maximum Gasteiger partial charge on any atom is 0.222 e.